The summed E-state index contributed by atoms with van der Waals surface area (Å²) in [4.78, 5) is 40.6. The van der Waals surface area contributed by atoms with Gasteiger partial charge in [0.05, 0.1) is 23.5 Å². The highest BCUT2D eigenvalue weighted by molar-refractivity contribution is 6.23. The number of carbonyl (C=O) groups is 3. The van der Waals surface area contributed by atoms with E-state index in [9.17, 15) is 36.3 Å². The Morgan fingerprint density at radius 1 is 0.950 bits per heavy atom. The lowest BCUT2D eigenvalue weighted by Gasteiger charge is -2.28. The highest BCUT2D eigenvalue weighted by Crippen LogP contribution is 2.38. The second-order valence-corrected chi connectivity index (χ2v) is 9.23. The summed E-state index contributed by atoms with van der Waals surface area (Å²) in [6, 6.07) is 9.71. The third-order valence-corrected chi connectivity index (χ3v) is 6.15. The zero-order valence-corrected chi connectivity index (χ0v) is 21.8. The van der Waals surface area contributed by atoms with Crippen LogP contribution in [0.15, 0.2) is 60.7 Å². The van der Waals surface area contributed by atoms with Crippen molar-refractivity contribution in [2.75, 3.05) is 21.3 Å². The first-order valence-corrected chi connectivity index (χ1v) is 11.4. The molecule has 0 bridgehead atoms. The Morgan fingerprint density at radius 3 is 2.23 bits per heavy atom. The van der Waals surface area contributed by atoms with E-state index in [0.717, 1.165) is 23.1 Å². The van der Waals surface area contributed by atoms with E-state index in [0.29, 0.717) is 28.4 Å². The van der Waals surface area contributed by atoms with Crippen LogP contribution in [0.5, 0.6) is 0 Å². The van der Waals surface area contributed by atoms with E-state index in [1.54, 1.807) is 24.3 Å². The number of hydrogen-bond donors (Lipinski definition) is 3. The predicted octanol–water partition coefficient (Wildman–Crippen LogP) is 6.38. The number of halogens is 6. The fraction of sp³-hybridized carbons (Fsp3) is 0.192. The number of carbonyl (C=O) groups excluding carboxylic acids is 3. The number of alkyl halides is 3. The summed E-state index contributed by atoms with van der Waals surface area (Å²) in [5, 5.41) is 5.04. The summed E-state index contributed by atoms with van der Waals surface area (Å²) in [6.45, 7) is 2.44. The van der Waals surface area contributed by atoms with Gasteiger partial charge in [0, 0.05) is 11.4 Å². The number of nitrogen functional groups attached to an aromatic ring is 1. The van der Waals surface area contributed by atoms with Crippen LogP contribution in [0.3, 0.4) is 0 Å². The van der Waals surface area contributed by atoms with Crippen LogP contribution >= 0.6 is 12.4 Å². The highest BCUT2D eigenvalue weighted by Gasteiger charge is 2.52. The minimum atomic E-state index is -5.05. The first-order chi connectivity index (χ1) is 18.2. The van der Waals surface area contributed by atoms with E-state index in [2.05, 4.69) is 10.6 Å². The second-order valence-electron chi connectivity index (χ2n) is 9.23. The number of amides is 5. The Bertz CT molecular complexity index is 1460. The number of nitrogens with two attached hydrogens (primary N) is 1. The zero-order chi connectivity index (χ0) is 28.7. The summed E-state index contributed by atoms with van der Waals surface area (Å²) in [5.41, 5.74) is 3.06. The van der Waals surface area contributed by atoms with Crippen LogP contribution in [0.25, 0.3) is 0 Å². The third-order valence-electron chi connectivity index (χ3n) is 6.15. The van der Waals surface area contributed by atoms with Crippen LogP contribution in [-0.2, 0) is 17.5 Å². The molecule has 1 heterocycles. The molecule has 0 aliphatic carbocycles. The number of hydrogen-bond acceptors (Lipinski definition) is 4. The van der Waals surface area contributed by atoms with Gasteiger partial charge in [-0.3, -0.25) is 4.79 Å². The van der Waals surface area contributed by atoms with Crippen molar-refractivity contribution < 1.29 is 36.3 Å². The molecular formula is C26H23ClF5N5O3. The van der Waals surface area contributed by atoms with Gasteiger partial charge in [0.25, 0.3) is 5.91 Å². The molecule has 14 heteroatoms. The normalized spacial score (nSPS) is 14.7. The van der Waals surface area contributed by atoms with E-state index in [1.165, 1.54) is 19.9 Å². The Labute approximate surface area is 231 Å². The number of benzene rings is 3. The summed E-state index contributed by atoms with van der Waals surface area (Å²) in [5.74, 6) is -3.11. The number of urea groups is 2. The van der Waals surface area contributed by atoms with Gasteiger partial charge in [-0.15, -0.1) is 12.4 Å². The van der Waals surface area contributed by atoms with Gasteiger partial charge in [-0.05, 0) is 74.0 Å². The van der Waals surface area contributed by atoms with Crippen molar-refractivity contribution in [3.05, 3.63) is 83.4 Å². The van der Waals surface area contributed by atoms with Crippen molar-refractivity contribution in [2.24, 2.45) is 0 Å². The average Bonchev–Trinajstić information content (AvgIpc) is 3.01. The molecule has 0 aromatic heterocycles. The number of nitrogens with zero attached hydrogens (tertiary/aromatic N) is 2. The third kappa shape index (κ3) is 5.93. The molecule has 8 nitrogen and oxygen atoms in total. The molecule has 4 N–H and O–H groups in total. The smallest absolute Gasteiger partial charge is 0.399 e. The van der Waals surface area contributed by atoms with E-state index >= 15 is 0 Å². The Morgan fingerprint density at radius 2 is 1.60 bits per heavy atom. The molecule has 0 unspecified atom stereocenters. The molecular weight excluding hydrogens is 561 g/mol. The summed E-state index contributed by atoms with van der Waals surface area (Å²) in [6.07, 6.45) is -5.05. The monoisotopic (exact) mass is 583 g/mol. The van der Waals surface area contributed by atoms with Gasteiger partial charge in [0.15, 0.2) is 0 Å². The van der Waals surface area contributed by atoms with Gasteiger partial charge in [-0.25, -0.2) is 23.3 Å². The molecule has 1 fully saturated rings. The summed E-state index contributed by atoms with van der Waals surface area (Å²) in [7, 11) is 0. The standard InChI is InChI=1S/C26H22F5N5O3.ClH/c1-25(2)22(37)36(18-9-10-20(28)19(12-18)26(29,30)31)24(39)35(25)13-14-3-4-15(27)11-21(14)34-23(38)33-17-7-5-16(32)6-8-17;/h3-12H,13,32H2,1-2H3,(H2,33,34,38);1H. The minimum absolute atomic E-state index is 0. The fourth-order valence-corrected chi connectivity index (χ4v) is 4.02. The zero-order valence-electron chi connectivity index (χ0n) is 21.0. The van der Waals surface area contributed by atoms with Crippen molar-refractivity contribution in [3.63, 3.8) is 0 Å². The highest BCUT2D eigenvalue weighted by atomic mass is 35.5. The Hall–Kier alpha value is -4.39. The molecule has 0 radical (unpaired) electrons. The van der Waals surface area contributed by atoms with Crippen molar-refractivity contribution in [2.45, 2.75) is 32.1 Å². The lowest BCUT2D eigenvalue weighted by molar-refractivity contribution is -0.140. The lowest BCUT2D eigenvalue weighted by Crippen LogP contribution is -2.43. The topological polar surface area (TPSA) is 108 Å². The number of rotatable bonds is 5. The average molecular weight is 584 g/mol. The van der Waals surface area contributed by atoms with Gasteiger partial charge < -0.3 is 21.3 Å². The molecule has 0 atom stereocenters. The molecule has 212 valence electrons. The number of anilines is 4. The molecule has 4 rings (SSSR count). The summed E-state index contributed by atoms with van der Waals surface area (Å²) < 4.78 is 67.6. The van der Waals surface area contributed by atoms with Crippen molar-refractivity contribution in [1.29, 1.82) is 0 Å². The second kappa shape index (κ2) is 11.0. The Balaban J connectivity index is 0.00000441. The van der Waals surface area contributed by atoms with Crippen molar-refractivity contribution >= 4 is 53.1 Å². The predicted molar refractivity (Wildman–Crippen MR) is 141 cm³/mol. The number of nitrogens with one attached hydrogen (secondary N) is 2. The van der Waals surface area contributed by atoms with Gasteiger partial charge >= 0.3 is 18.2 Å². The lowest BCUT2D eigenvalue weighted by atomic mass is 10.0. The van der Waals surface area contributed by atoms with Gasteiger partial charge in [0.2, 0.25) is 0 Å². The van der Waals surface area contributed by atoms with Crippen LogP contribution in [-0.4, -0.2) is 28.4 Å². The van der Waals surface area contributed by atoms with E-state index < -0.39 is 52.6 Å². The van der Waals surface area contributed by atoms with Gasteiger partial charge in [0.1, 0.15) is 17.2 Å². The molecule has 3 aromatic carbocycles. The molecule has 40 heavy (non-hydrogen) atoms. The van der Waals surface area contributed by atoms with Crippen LogP contribution in [0.4, 0.5) is 54.3 Å². The first-order valence-electron chi connectivity index (χ1n) is 11.4. The first kappa shape index (κ1) is 30.2. The summed E-state index contributed by atoms with van der Waals surface area (Å²) >= 11 is 0. The molecule has 1 saturated heterocycles. The maximum atomic E-state index is 14.1. The van der Waals surface area contributed by atoms with E-state index in [4.69, 9.17) is 5.73 Å². The van der Waals surface area contributed by atoms with Crippen LogP contribution in [0.1, 0.15) is 25.0 Å². The van der Waals surface area contributed by atoms with Crippen LogP contribution < -0.4 is 21.3 Å². The molecule has 3 aromatic rings. The van der Waals surface area contributed by atoms with Gasteiger partial charge in [-0.2, -0.15) is 13.2 Å². The van der Waals surface area contributed by atoms with Crippen LogP contribution in [0, 0.1) is 11.6 Å². The maximum absolute atomic E-state index is 14.1. The molecule has 0 saturated carbocycles. The van der Waals surface area contributed by atoms with E-state index in [1.807, 2.05) is 0 Å². The molecule has 5 amide bonds. The maximum Gasteiger partial charge on any atom is 0.419 e. The minimum Gasteiger partial charge on any atom is -0.399 e. The van der Waals surface area contributed by atoms with Crippen molar-refractivity contribution in [1.82, 2.24) is 4.90 Å². The fourth-order valence-electron chi connectivity index (χ4n) is 4.02. The van der Waals surface area contributed by atoms with Crippen LogP contribution in [0.2, 0.25) is 0 Å². The van der Waals surface area contributed by atoms with Crippen molar-refractivity contribution in [3.8, 4) is 0 Å². The molecule has 1 aliphatic heterocycles. The molecule has 0 spiro atoms. The molecule has 1 aliphatic rings. The van der Waals surface area contributed by atoms with E-state index in [-0.39, 0.29) is 30.2 Å². The number of imide groups is 1. The van der Waals surface area contributed by atoms with Gasteiger partial charge in [-0.1, -0.05) is 6.07 Å². The quantitative estimate of drug-likeness (QED) is 0.184. The Kier molecular flexibility index (Phi) is 8.29. The SMILES string of the molecule is CC1(C)C(=O)N(c2ccc(F)c(C(F)(F)F)c2)C(=O)N1Cc1ccc(F)cc1NC(=O)Nc1ccc(N)cc1.Cl. The largest absolute Gasteiger partial charge is 0.419 e.